The first kappa shape index (κ1) is 15.1. The van der Waals surface area contributed by atoms with Gasteiger partial charge in [-0.25, -0.2) is 4.79 Å². The van der Waals surface area contributed by atoms with Crippen LogP contribution in [-0.4, -0.2) is 15.7 Å². The van der Waals surface area contributed by atoms with Crippen LogP contribution in [0.1, 0.15) is 33.0 Å². The highest BCUT2D eigenvalue weighted by atomic mass is 16.5. The molecule has 0 fully saturated rings. The third kappa shape index (κ3) is 3.88. The molecule has 5 nitrogen and oxygen atoms in total. The van der Waals surface area contributed by atoms with Crippen LogP contribution in [0.5, 0.6) is 0 Å². The molecule has 2 aromatic heterocycles. The fraction of sp³-hybridized carbons (Fsp3) is 0.222. The molecule has 0 radical (unpaired) electrons. The van der Waals surface area contributed by atoms with Crippen molar-refractivity contribution in [2.24, 2.45) is 0 Å². The lowest BCUT2D eigenvalue weighted by molar-refractivity contribution is 0.0433. The molecular weight excluding hydrogens is 292 g/mol. The number of carbonyl (C=O) groups is 1. The summed E-state index contributed by atoms with van der Waals surface area (Å²) in [5.41, 5.74) is 3.27. The van der Waals surface area contributed by atoms with Crippen LogP contribution in [0.2, 0.25) is 0 Å². The monoisotopic (exact) mass is 310 g/mol. The van der Waals surface area contributed by atoms with Crippen molar-refractivity contribution in [3.8, 4) is 0 Å². The van der Waals surface area contributed by atoms with Crippen LogP contribution >= 0.6 is 0 Å². The molecule has 3 aromatic rings. The van der Waals surface area contributed by atoms with Crippen molar-refractivity contribution in [2.45, 2.75) is 27.0 Å². The molecule has 0 saturated carbocycles. The summed E-state index contributed by atoms with van der Waals surface area (Å²) in [6, 6.07) is 11.3. The topological polar surface area (TPSA) is 57.3 Å². The third-order valence-corrected chi connectivity index (χ3v) is 3.39. The van der Waals surface area contributed by atoms with Crippen LogP contribution in [0.3, 0.4) is 0 Å². The van der Waals surface area contributed by atoms with E-state index in [1.807, 2.05) is 38.2 Å². The molecule has 0 amide bonds. The average molecular weight is 310 g/mol. The van der Waals surface area contributed by atoms with Gasteiger partial charge in [0.15, 0.2) is 0 Å². The molecule has 0 aliphatic heterocycles. The van der Waals surface area contributed by atoms with Gasteiger partial charge in [0.1, 0.15) is 12.4 Å². The van der Waals surface area contributed by atoms with Gasteiger partial charge in [0.05, 0.1) is 6.54 Å². The number of benzene rings is 1. The van der Waals surface area contributed by atoms with Crippen molar-refractivity contribution < 1.29 is 13.9 Å². The number of carbonyl (C=O) groups excluding carboxylic acids is 1. The Hall–Kier alpha value is -2.82. The standard InChI is InChI=1S/C18H18N2O3/c1-13-8-14(2)10-15(9-13)12-22-18(21)17-5-4-16(23-17)11-20-7-3-6-19-20/h3-10H,11-12H2,1-2H3. The molecule has 2 heterocycles. The highest BCUT2D eigenvalue weighted by Gasteiger charge is 2.13. The maximum atomic E-state index is 12.1. The fourth-order valence-corrected chi connectivity index (χ4v) is 2.50. The van der Waals surface area contributed by atoms with E-state index in [4.69, 9.17) is 9.15 Å². The normalized spacial score (nSPS) is 10.7. The summed E-state index contributed by atoms with van der Waals surface area (Å²) in [5, 5.41) is 4.10. The van der Waals surface area contributed by atoms with Crippen molar-refractivity contribution in [2.75, 3.05) is 0 Å². The van der Waals surface area contributed by atoms with Crippen LogP contribution in [0.15, 0.2) is 53.2 Å². The Morgan fingerprint density at radius 3 is 2.70 bits per heavy atom. The number of nitrogens with zero attached hydrogens (tertiary/aromatic N) is 2. The molecule has 0 spiro atoms. The highest BCUT2D eigenvalue weighted by molar-refractivity contribution is 5.86. The maximum absolute atomic E-state index is 12.1. The van der Waals surface area contributed by atoms with Gasteiger partial charge in [0.25, 0.3) is 0 Å². The Labute approximate surface area is 134 Å². The minimum absolute atomic E-state index is 0.205. The van der Waals surface area contributed by atoms with E-state index in [2.05, 4.69) is 11.2 Å². The van der Waals surface area contributed by atoms with Crippen LogP contribution in [0.25, 0.3) is 0 Å². The molecule has 23 heavy (non-hydrogen) atoms. The van der Waals surface area contributed by atoms with E-state index in [9.17, 15) is 4.79 Å². The van der Waals surface area contributed by atoms with Crippen LogP contribution in [-0.2, 0) is 17.9 Å². The predicted octanol–water partition coefficient (Wildman–Crippen LogP) is 3.50. The lowest BCUT2D eigenvalue weighted by atomic mass is 10.1. The first-order chi connectivity index (χ1) is 11.1. The Kier molecular flexibility index (Phi) is 4.28. The number of aryl methyl sites for hydroxylation is 2. The molecule has 0 atom stereocenters. The van der Waals surface area contributed by atoms with E-state index in [1.165, 1.54) is 0 Å². The van der Waals surface area contributed by atoms with Gasteiger partial charge < -0.3 is 9.15 Å². The Balaban J connectivity index is 1.61. The molecule has 0 N–H and O–H groups in total. The predicted molar refractivity (Wildman–Crippen MR) is 85.1 cm³/mol. The zero-order chi connectivity index (χ0) is 16.2. The lowest BCUT2D eigenvalue weighted by Gasteiger charge is -2.06. The van der Waals surface area contributed by atoms with Gasteiger partial charge in [0, 0.05) is 12.4 Å². The average Bonchev–Trinajstić information content (AvgIpc) is 3.16. The first-order valence-corrected chi connectivity index (χ1v) is 7.40. The van der Waals surface area contributed by atoms with Crippen molar-refractivity contribution >= 4 is 5.97 Å². The highest BCUT2D eigenvalue weighted by Crippen LogP contribution is 2.14. The van der Waals surface area contributed by atoms with Crippen molar-refractivity contribution in [1.29, 1.82) is 0 Å². The number of aromatic nitrogens is 2. The second-order valence-corrected chi connectivity index (χ2v) is 5.54. The van der Waals surface area contributed by atoms with E-state index >= 15 is 0 Å². The van der Waals surface area contributed by atoms with Crippen molar-refractivity contribution in [1.82, 2.24) is 9.78 Å². The van der Waals surface area contributed by atoms with Crippen LogP contribution < -0.4 is 0 Å². The summed E-state index contributed by atoms with van der Waals surface area (Å²) in [7, 11) is 0. The second-order valence-electron chi connectivity index (χ2n) is 5.54. The van der Waals surface area contributed by atoms with E-state index in [1.54, 1.807) is 23.0 Å². The van der Waals surface area contributed by atoms with Crippen LogP contribution in [0.4, 0.5) is 0 Å². The molecule has 0 bridgehead atoms. The summed E-state index contributed by atoms with van der Waals surface area (Å²) < 4.78 is 12.6. The number of furan rings is 1. The molecule has 0 unspecified atom stereocenters. The number of hydrogen-bond acceptors (Lipinski definition) is 4. The van der Waals surface area contributed by atoms with E-state index < -0.39 is 5.97 Å². The molecule has 0 aliphatic carbocycles. The number of rotatable bonds is 5. The van der Waals surface area contributed by atoms with Crippen molar-refractivity contribution in [3.63, 3.8) is 0 Å². The van der Waals surface area contributed by atoms with Crippen LogP contribution in [0, 0.1) is 13.8 Å². The molecule has 5 heteroatoms. The Bertz CT molecular complexity index is 783. The molecule has 0 aliphatic rings. The van der Waals surface area contributed by atoms with Gasteiger partial charge in [-0.3, -0.25) is 4.68 Å². The minimum atomic E-state index is -0.462. The Morgan fingerprint density at radius 2 is 2.00 bits per heavy atom. The molecule has 3 rings (SSSR count). The van der Waals surface area contributed by atoms with Gasteiger partial charge in [-0.15, -0.1) is 0 Å². The smallest absolute Gasteiger partial charge is 0.374 e. The Morgan fingerprint density at radius 1 is 1.22 bits per heavy atom. The quantitative estimate of drug-likeness (QED) is 0.677. The zero-order valence-corrected chi connectivity index (χ0v) is 13.2. The minimum Gasteiger partial charge on any atom is -0.455 e. The van der Waals surface area contributed by atoms with E-state index in [0.717, 1.165) is 16.7 Å². The first-order valence-electron chi connectivity index (χ1n) is 7.40. The summed E-state index contributed by atoms with van der Waals surface area (Å²) in [6.07, 6.45) is 3.53. The summed E-state index contributed by atoms with van der Waals surface area (Å²) in [5.74, 6) is 0.402. The SMILES string of the molecule is Cc1cc(C)cc(COC(=O)c2ccc(Cn3cccn3)o2)c1. The molecule has 1 aromatic carbocycles. The summed E-state index contributed by atoms with van der Waals surface area (Å²) in [6.45, 7) is 4.76. The van der Waals surface area contributed by atoms with Crippen molar-refractivity contribution in [3.05, 3.63) is 77.0 Å². The van der Waals surface area contributed by atoms with Gasteiger partial charge in [-0.1, -0.05) is 29.3 Å². The van der Waals surface area contributed by atoms with Gasteiger partial charge >= 0.3 is 5.97 Å². The lowest BCUT2D eigenvalue weighted by Crippen LogP contribution is -2.04. The number of esters is 1. The molecular formula is C18H18N2O3. The number of ether oxygens (including phenoxy) is 1. The molecule has 0 saturated heterocycles. The van der Waals surface area contributed by atoms with E-state index in [-0.39, 0.29) is 12.4 Å². The number of hydrogen-bond donors (Lipinski definition) is 0. The fourth-order valence-electron chi connectivity index (χ4n) is 2.50. The summed E-state index contributed by atoms with van der Waals surface area (Å²) in [4.78, 5) is 12.1. The zero-order valence-electron chi connectivity index (χ0n) is 13.2. The van der Waals surface area contributed by atoms with E-state index in [0.29, 0.717) is 12.3 Å². The van der Waals surface area contributed by atoms with Gasteiger partial charge in [-0.2, -0.15) is 5.10 Å². The summed E-state index contributed by atoms with van der Waals surface area (Å²) >= 11 is 0. The third-order valence-electron chi connectivity index (χ3n) is 3.39. The maximum Gasteiger partial charge on any atom is 0.374 e. The largest absolute Gasteiger partial charge is 0.455 e. The second kappa shape index (κ2) is 6.52. The molecule has 118 valence electrons. The van der Waals surface area contributed by atoms with Gasteiger partial charge in [-0.05, 0) is 37.6 Å². The van der Waals surface area contributed by atoms with Gasteiger partial charge in [0.2, 0.25) is 5.76 Å².